The highest BCUT2D eigenvalue weighted by atomic mass is 16.5. The molecule has 90 valence electrons. The van der Waals surface area contributed by atoms with Crippen LogP contribution in [0.5, 0.6) is 5.75 Å². The molecule has 2 N–H and O–H groups in total. The lowest BCUT2D eigenvalue weighted by Crippen LogP contribution is -2.36. The van der Waals surface area contributed by atoms with Crippen LogP contribution in [-0.2, 0) is 0 Å². The van der Waals surface area contributed by atoms with Crippen LogP contribution in [0.15, 0.2) is 24.3 Å². The van der Waals surface area contributed by atoms with E-state index in [0.29, 0.717) is 6.54 Å². The van der Waals surface area contributed by atoms with Crippen molar-refractivity contribution in [1.29, 1.82) is 0 Å². The lowest BCUT2D eigenvalue weighted by atomic mass is 9.93. The van der Waals surface area contributed by atoms with Crippen LogP contribution in [0.25, 0.3) is 0 Å². The zero-order chi connectivity index (χ0) is 12.2. The van der Waals surface area contributed by atoms with Crippen molar-refractivity contribution >= 4 is 5.69 Å². The Balaban J connectivity index is 2.69. The van der Waals surface area contributed by atoms with Crippen LogP contribution < -0.4 is 15.4 Å². The molecule has 0 fully saturated rings. The molecule has 0 unspecified atom stereocenters. The molecule has 1 aromatic carbocycles. The maximum atomic E-state index is 5.73. The monoisotopic (exact) mass is 222 g/mol. The summed E-state index contributed by atoms with van der Waals surface area (Å²) in [6.07, 6.45) is 0. The highest BCUT2D eigenvalue weighted by Crippen LogP contribution is 2.22. The van der Waals surface area contributed by atoms with E-state index in [2.05, 4.69) is 37.9 Å². The van der Waals surface area contributed by atoms with Gasteiger partial charge in [0.1, 0.15) is 5.75 Å². The van der Waals surface area contributed by atoms with Gasteiger partial charge < -0.3 is 15.4 Å². The van der Waals surface area contributed by atoms with Crippen LogP contribution in [0.1, 0.15) is 13.8 Å². The third kappa shape index (κ3) is 3.42. The molecule has 16 heavy (non-hydrogen) atoms. The summed E-state index contributed by atoms with van der Waals surface area (Å²) < 4.78 is 5.13. The topological polar surface area (TPSA) is 38.5 Å². The fourth-order valence-corrected chi connectivity index (χ4v) is 1.63. The molecule has 0 aliphatic heterocycles. The smallest absolute Gasteiger partial charge is 0.119 e. The van der Waals surface area contributed by atoms with Crippen LogP contribution in [0.4, 0.5) is 5.69 Å². The molecule has 0 spiro atoms. The maximum Gasteiger partial charge on any atom is 0.119 e. The van der Waals surface area contributed by atoms with Gasteiger partial charge in [-0.05, 0) is 36.2 Å². The van der Waals surface area contributed by atoms with Gasteiger partial charge in [-0.3, -0.25) is 0 Å². The summed E-state index contributed by atoms with van der Waals surface area (Å²) in [6.45, 7) is 5.98. The molecule has 0 radical (unpaired) electrons. The minimum atomic E-state index is 0.134. The second-order valence-corrected chi connectivity index (χ2v) is 4.92. The summed E-state index contributed by atoms with van der Waals surface area (Å²) in [5.41, 5.74) is 7.05. The van der Waals surface area contributed by atoms with Crippen LogP contribution in [0, 0.1) is 5.41 Å². The lowest BCUT2D eigenvalue weighted by molar-refractivity contribution is 0.385. The zero-order valence-corrected chi connectivity index (χ0v) is 10.7. The number of ether oxygens (including phenoxy) is 1. The molecule has 3 nitrogen and oxygen atoms in total. The van der Waals surface area contributed by atoms with Gasteiger partial charge in [0, 0.05) is 19.3 Å². The van der Waals surface area contributed by atoms with Crippen LogP contribution >= 0.6 is 0 Å². The minimum absolute atomic E-state index is 0.134. The Hall–Kier alpha value is -1.22. The van der Waals surface area contributed by atoms with Crippen molar-refractivity contribution in [1.82, 2.24) is 0 Å². The summed E-state index contributed by atoms with van der Waals surface area (Å²) in [7, 11) is 3.76. The van der Waals surface area contributed by atoms with Crippen LogP contribution in [0.3, 0.4) is 0 Å². The van der Waals surface area contributed by atoms with E-state index in [1.54, 1.807) is 7.11 Å². The SMILES string of the molecule is COc1ccc(N(C)CC(C)(C)CN)cc1. The van der Waals surface area contributed by atoms with Gasteiger partial charge in [0.05, 0.1) is 7.11 Å². The van der Waals surface area contributed by atoms with Crippen LogP contribution in [-0.4, -0.2) is 27.2 Å². The van der Waals surface area contributed by atoms with E-state index in [1.165, 1.54) is 5.69 Å². The minimum Gasteiger partial charge on any atom is -0.497 e. The van der Waals surface area contributed by atoms with Gasteiger partial charge in [-0.2, -0.15) is 0 Å². The van der Waals surface area contributed by atoms with Gasteiger partial charge >= 0.3 is 0 Å². The summed E-state index contributed by atoms with van der Waals surface area (Å²) in [4.78, 5) is 2.21. The first-order valence-electron chi connectivity index (χ1n) is 5.54. The van der Waals surface area contributed by atoms with Gasteiger partial charge in [-0.15, -0.1) is 0 Å². The van der Waals surface area contributed by atoms with Gasteiger partial charge in [-0.25, -0.2) is 0 Å². The first kappa shape index (κ1) is 12.8. The van der Waals surface area contributed by atoms with Crippen molar-refractivity contribution in [3.8, 4) is 5.75 Å². The van der Waals surface area contributed by atoms with Gasteiger partial charge in [0.15, 0.2) is 0 Å². The summed E-state index contributed by atoms with van der Waals surface area (Å²) in [5, 5.41) is 0. The Kier molecular flexibility index (Phi) is 4.19. The quantitative estimate of drug-likeness (QED) is 0.829. The molecular weight excluding hydrogens is 200 g/mol. The number of hydrogen-bond donors (Lipinski definition) is 1. The number of hydrogen-bond acceptors (Lipinski definition) is 3. The molecule has 3 heteroatoms. The molecule has 0 saturated carbocycles. The van der Waals surface area contributed by atoms with Gasteiger partial charge in [0.25, 0.3) is 0 Å². The van der Waals surface area contributed by atoms with E-state index < -0.39 is 0 Å². The van der Waals surface area contributed by atoms with E-state index in [0.717, 1.165) is 12.3 Å². The molecule has 0 atom stereocenters. The highest BCUT2D eigenvalue weighted by molar-refractivity contribution is 5.48. The van der Waals surface area contributed by atoms with E-state index in [4.69, 9.17) is 10.5 Å². The number of methoxy groups -OCH3 is 1. The fraction of sp³-hybridized carbons (Fsp3) is 0.538. The van der Waals surface area contributed by atoms with Crippen LogP contribution in [0.2, 0.25) is 0 Å². The molecule has 0 amide bonds. The molecule has 0 heterocycles. The predicted octanol–water partition coefficient (Wildman–Crippen LogP) is 2.12. The first-order chi connectivity index (χ1) is 7.48. The summed E-state index contributed by atoms with van der Waals surface area (Å²) in [5.74, 6) is 0.884. The molecule has 0 aliphatic rings. The summed E-state index contributed by atoms with van der Waals surface area (Å²) in [6, 6.07) is 8.07. The summed E-state index contributed by atoms with van der Waals surface area (Å²) >= 11 is 0. The number of rotatable bonds is 5. The Morgan fingerprint density at radius 3 is 2.25 bits per heavy atom. The zero-order valence-electron chi connectivity index (χ0n) is 10.7. The van der Waals surface area contributed by atoms with E-state index in [9.17, 15) is 0 Å². The highest BCUT2D eigenvalue weighted by Gasteiger charge is 2.18. The number of benzene rings is 1. The molecule has 0 bridgehead atoms. The molecule has 1 rings (SSSR count). The van der Waals surface area contributed by atoms with E-state index in [1.807, 2.05) is 12.1 Å². The second-order valence-electron chi connectivity index (χ2n) is 4.92. The van der Waals surface area contributed by atoms with E-state index >= 15 is 0 Å². The number of anilines is 1. The van der Waals surface area contributed by atoms with Gasteiger partial charge in [-0.1, -0.05) is 13.8 Å². The normalized spacial score (nSPS) is 11.3. The van der Waals surface area contributed by atoms with Crippen molar-refractivity contribution in [2.75, 3.05) is 32.1 Å². The Morgan fingerprint density at radius 1 is 1.25 bits per heavy atom. The predicted molar refractivity (Wildman–Crippen MR) is 69.1 cm³/mol. The number of nitrogens with zero attached hydrogens (tertiary/aromatic N) is 1. The van der Waals surface area contributed by atoms with Crippen molar-refractivity contribution in [3.63, 3.8) is 0 Å². The lowest BCUT2D eigenvalue weighted by Gasteiger charge is -2.30. The molecular formula is C13H22N2O. The number of nitrogens with two attached hydrogens (primary N) is 1. The Labute approximate surface area is 98.2 Å². The van der Waals surface area contributed by atoms with Crippen molar-refractivity contribution in [2.24, 2.45) is 11.1 Å². The Bertz CT molecular complexity index is 319. The fourth-order valence-electron chi connectivity index (χ4n) is 1.63. The second kappa shape index (κ2) is 5.21. The third-order valence-electron chi connectivity index (χ3n) is 2.73. The Morgan fingerprint density at radius 2 is 1.81 bits per heavy atom. The van der Waals surface area contributed by atoms with Crippen molar-refractivity contribution < 1.29 is 4.74 Å². The average Bonchev–Trinajstić information content (AvgIpc) is 2.28. The maximum absolute atomic E-state index is 5.73. The molecule has 0 aliphatic carbocycles. The van der Waals surface area contributed by atoms with Crippen molar-refractivity contribution in [3.05, 3.63) is 24.3 Å². The first-order valence-corrected chi connectivity index (χ1v) is 5.54. The standard InChI is InChI=1S/C13H22N2O/c1-13(2,9-14)10-15(3)11-5-7-12(16-4)8-6-11/h5-8H,9-10,14H2,1-4H3. The molecule has 1 aromatic rings. The van der Waals surface area contributed by atoms with E-state index in [-0.39, 0.29) is 5.41 Å². The third-order valence-corrected chi connectivity index (χ3v) is 2.73. The van der Waals surface area contributed by atoms with Gasteiger partial charge in [0.2, 0.25) is 0 Å². The average molecular weight is 222 g/mol. The molecule has 0 aromatic heterocycles. The van der Waals surface area contributed by atoms with Crippen molar-refractivity contribution in [2.45, 2.75) is 13.8 Å². The largest absolute Gasteiger partial charge is 0.497 e. The molecule has 0 saturated heterocycles.